The van der Waals surface area contributed by atoms with E-state index in [-0.39, 0.29) is 16.1 Å². The Labute approximate surface area is 164 Å². The molecule has 6 nitrogen and oxygen atoms in total. The Kier molecular flexibility index (Phi) is 5.96. The van der Waals surface area contributed by atoms with E-state index in [1.807, 2.05) is 25.2 Å². The lowest BCUT2D eigenvalue weighted by molar-refractivity contribution is 0.310. The van der Waals surface area contributed by atoms with Crippen LogP contribution in [0.25, 0.3) is 10.8 Å². The number of anilines is 1. The van der Waals surface area contributed by atoms with E-state index in [1.54, 1.807) is 30.3 Å². The lowest BCUT2D eigenvalue weighted by Gasteiger charge is -2.13. The van der Waals surface area contributed by atoms with Gasteiger partial charge in [0.15, 0.2) is 5.04 Å². The van der Waals surface area contributed by atoms with Gasteiger partial charge in [-0.15, -0.1) is 0 Å². The number of ether oxygens (including phenoxy) is 1. The number of nitrogens with two attached hydrogens (primary N) is 1. The molecule has 0 radical (unpaired) electrons. The van der Waals surface area contributed by atoms with E-state index in [1.165, 1.54) is 12.1 Å². The Bertz CT molecular complexity index is 1110. The maximum Gasteiger partial charge on any atom is 0.224 e. The Balaban J connectivity index is 1.96. The second-order valence-electron chi connectivity index (χ2n) is 6.36. The molecule has 0 atom stereocenters. The molecule has 0 saturated heterocycles. The number of hydrogen-bond donors (Lipinski definition) is 3. The zero-order valence-corrected chi connectivity index (χ0v) is 16.4. The van der Waals surface area contributed by atoms with Gasteiger partial charge in [-0.05, 0) is 49.7 Å². The molecule has 0 amide bonds. The van der Waals surface area contributed by atoms with Gasteiger partial charge in [-0.1, -0.05) is 36.4 Å². The van der Waals surface area contributed by atoms with Crippen molar-refractivity contribution >= 4 is 31.3 Å². The van der Waals surface area contributed by atoms with Crippen molar-refractivity contribution in [2.45, 2.75) is 11.3 Å². The Hall–Kier alpha value is -2.90. The minimum atomic E-state index is -4.05. The number of rotatable bonds is 7. The third-order valence-corrected chi connectivity index (χ3v) is 6.11. The van der Waals surface area contributed by atoms with E-state index in [0.29, 0.717) is 17.7 Å². The molecule has 0 aromatic heterocycles. The van der Waals surface area contributed by atoms with Crippen LogP contribution in [0, 0.1) is 5.41 Å². The van der Waals surface area contributed by atoms with Crippen molar-refractivity contribution in [2.24, 2.45) is 0 Å². The number of benzene rings is 3. The van der Waals surface area contributed by atoms with Crippen LogP contribution in [0.2, 0.25) is 0 Å². The van der Waals surface area contributed by atoms with Gasteiger partial charge in [-0.3, -0.25) is 5.41 Å². The summed E-state index contributed by atoms with van der Waals surface area (Å²) in [4.78, 5) is 0.0929. The first kappa shape index (κ1) is 19.9. The average molecular weight is 398 g/mol. The Morgan fingerprint density at radius 2 is 1.86 bits per heavy atom. The second-order valence-corrected chi connectivity index (χ2v) is 8.22. The molecule has 3 rings (SSSR count). The molecule has 0 bridgehead atoms. The molecule has 0 aliphatic heterocycles. The summed E-state index contributed by atoms with van der Waals surface area (Å²) < 4.78 is 32.0. The summed E-state index contributed by atoms with van der Waals surface area (Å²) in [6.45, 7) is 1.29. The van der Waals surface area contributed by atoms with Gasteiger partial charge in [0.1, 0.15) is 5.75 Å². The first-order valence-electron chi connectivity index (χ1n) is 8.94. The predicted octanol–water partition coefficient (Wildman–Crippen LogP) is 3.21. The summed E-state index contributed by atoms with van der Waals surface area (Å²) in [5.74, 6) is 0.484. The minimum absolute atomic E-state index is 0.0929. The van der Waals surface area contributed by atoms with E-state index in [0.717, 1.165) is 18.4 Å². The topological polar surface area (TPSA) is 105 Å². The Morgan fingerprint density at radius 1 is 1.11 bits per heavy atom. The molecule has 0 fully saturated rings. The van der Waals surface area contributed by atoms with Crippen LogP contribution in [0.15, 0.2) is 65.6 Å². The maximum atomic E-state index is 13.2. The molecule has 0 spiro atoms. The lowest BCUT2D eigenvalue weighted by Crippen LogP contribution is -2.17. The molecule has 7 heteroatoms. The summed E-state index contributed by atoms with van der Waals surface area (Å²) in [7, 11) is -2.19. The van der Waals surface area contributed by atoms with E-state index in [9.17, 15) is 8.42 Å². The maximum absolute atomic E-state index is 13.2. The van der Waals surface area contributed by atoms with Crippen molar-refractivity contribution in [3.8, 4) is 5.75 Å². The summed E-state index contributed by atoms with van der Waals surface area (Å²) in [6.07, 6.45) is 0.807. The van der Waals surface area contributed by atoms with Gasteiger partial charge in [0, 0.05) is 16.6 Å². The van der Waals surface area contributed by atoms with Gasteiger partial charge in [0.05, 0.1) is 11.5 Å². The fourth-order valence-electron chi connectivity index (χ4n) is 2.95. The van der Waals surface area contributed by atoms with Crippen LogP contribution in [-0.4, -0.2) is 33.7 Å². The lowest BCUT2D eigenvalue weighted by atomic mass is 10.1. The van der Waals surface area contributed by atoms with Crippen LogP contribution >= 0.6 is 0 Å². The fourth-order valence-corrected chi connectivity index (χ4v) is 4.36. The van der Waals surface area contributed by atoms with Gasteiger partial charge in [-0.2, -0.15) is 0 Å². The van der Waals surface area contributed by atoms with Gasteiger partial charge in [-0.25, -0.2) is 8.42 Å². The van der Waals surface area contributed by atoms with Crippen molar-refractivity contribution in [2.75, 3.05) is 25.9 Å². The number of nitrogens with one attached hydrogen (secondary N) is 2. The molecule has 0 unspecified atom stereocenters. The Morgan fingerprint density at radius 3 is 2.64 bits per heavy atom. The van der Waals surface area contributed by atoms with Crippen LogP contribution in [0.5, 0.6) is 5.75 Å². The number of nitrogen functional groups attached to an aromatic ring is 1. The molecule has 4 N–H and O–H groups in total. The zero-order chi connectivity index (χ0) is 20.1. The average Bonchev–Trinajstić information content (AvgIpc) is 2.71. The van der Waals surface area contributed by atoms with E-state index < -0.39 is 14.9 Å². The van der Waals surface area contributed by atoms with Crippen molar-refractivity contribution in [3.05, 3.63) is 66.2 Å². The quantitative estimate of drug-likeness (QED) is 0.246. The van der Waals surface area contributed by atoms with Crippen molar-refractivity contribution < 1.29 is 13.2 Å². The van der Waals surface area contributed by atoms with Gasteiger partial charge in [0.2, 0.25) is 9.84 Å². The third kappa shape index (κ3) is 4.00. The first-order chi connectivity index (χ1) is 13.4. The van der Waals surface area contributed by atoms with Gasteiger partial charge < -0.3 is 15.8 Å². The smallest absolute Gasteiger partial charge is 0.224 e. The van der Waals surface area contributed by atoms with Crippen LogP contribution in [0.1, 0.15) is 12.0 Å². The number of fused-ring (bicyclic) bond motifs is 1. The predicted molar refractivity (Wildman–Crippen MR) is 113 cm³/mol. The van der Waals surface area contributed by atoms with Crippen LogP contribution in [0.3, 0.4) is 0 Å². The SMILES string of the molecule is CNCCCOc1ccc(N)c(C(=N)S(=O)(=O)c2cccc3ccccc23)c1. The molecule has 28 heavy (non-hydrogen) atoms. The summed E-state index contributed by atoms with van der Waals surface area (Å²) >= 11 is 0. The highest BCUT2D eigenvalue weighted by Gasteiger charge is 2.26. The van der Waals surface area contributed by atoms with E-state index in [2.05, 4.69) is 5.32 Å². The van der Waals surface area contributed by atoms with E-state index >= 15 is 0 Å². The molecular formula is C21H23N3O3S. The highest BCUT2D eigenvalue weighted by Crippen LogP contribution is 2.29. The molecule has 3 aromatic carbocycles. The van der Waals surface area contributed by atoms with Gasteiger partial charge in [0.25, 0.3) is 0 Å². The van der Waals surface area contributed by atoms with Crippen molar-refractivity contribution in [1.82, 2.24) is 5.32 Å². The van der Waals surface area contributed by atoms with Gasteiger partial charge >= 0.3 is 0 Å². The summed E-state index contributed by atoms with van der Waals surface area (Å²) in [6, 6.07) is 17.0. The number of hydrogen-bond acceptors (Lipinski definition) is 6. The zero-order valence-electron chi connectivity index (χ0n) is 15.6. The first-order valence-corrected chi connectivity index (χ1v) is 10.4. The van der Waals surface area contributed by atoms with Crippen LogP contribution in [-0.2, 0) is 9.84 Å². The fraction of sp³-hybridized carbons (Fsp3) is 0.190. The third-order valence-electron chi connectivity index (χ3n) is 4.42. The summed E-state index contributed by atoms with van der Waals surface area (Å²) in [5.41, 5.74) is 6.34. The normalized spacial score (nSPS) is 11.5. The minimum Gasteiger partial charge on any atom is -0.494 e. The molecule has 146 valence electrons. The molecule has 3 aromatic rings. The van der Waals surface area contributed by atoms with Crippen LogP contribution in [0.4, 0.5) is 5.69 Å². The second kappa shape index (κ2) is 8.41. The molecule has 0 saturated carbocycles. The summed E-state index contributed by atoms with van der Waals surface area (Å²) in [5, 5.41) is 12.3. The molecule has 0 aliphatic carbocycles. The van der Waals surface area contributed by atoms with Crippen molar-refractivity contribution in [3.63, 3.8) is 0 Å². The van der Waals surface area contributed by atoms with Crippen LogP contribution < -0.4 is 15.8 Å². The van der Waals surface area contributed by atoms with Crippen molar-refractivity contribution in [1.29, 1.82) is 5.41 Å². The molecule has 0 aliphatic rings. The monoisotopic (exact) mass is 397 g/mol. The highest BCUT2D eigenvalue weighted by atomic mass is 32.2. The standard InChI is InChI=1S/C21H23N3O3S/c1-24-12-5-13-27-16-10-11-19(22)18(14-16)21(23)28(25,26)20-9-4-7-15-6-2-3-8-17(15)20/h2-4,6-11,14,23-24H,5,12-13,22H2,1H3. The van der Waals surface area contributed by atoms with E-state index in [4.69, 9.17) is 15.9 Å². The molecular weight excluding hydrogens is 374 g/mol. The largest absolute Gasteiger partial charge is 0.494 e. The number of sulfone groups is 1. The highest BCUT2D eigenvalue weighted by molar-refractivity contribution is 8.07. The molecule has 0 heterocycles.